The lowest BCUT2D eigenvalue weighted by atomic mass is 10.1. The van der Waals surface area contributed by atoms with Crippen molar-refractivity contribution in [2.75, 3.05) is 11.5 Å². The molecule has 8 heteroatoms. The van der Waals surface area contributed by atoms with E-state index in [0.29, 0.717) is 12.8 Å². The van der Waals surface area contributed by atoms with E-state index < -0.39 is 24.1 Å². The van der Waals surface area contributed by atoms with E-state index >= 15 is 0 Å². The van der Waals surface area contributed by atoms with E-state index in [9.17, 15) is 16.8 Å². The van der Waals surface area contributed by atoms with Crippen LogP contribution in [0.4, 0.5) is 0 Å². The Morgan fingerprint density at radius 2 is 0.889 bits per heavy atom. The Balaban J connectivity index is 4.36. The van der Waals surface area contributed by atoms with Gasteiger partial charge in [0.2, 0.25) is 0 Å². The molecule has 27 heavy (non-hydrogen) atoms. The zero-order chi connectivity index (χ0) is 20.6. The van der Waals surface area contributed by atoms with Gasteiger partial charge in [-0.15, -0.1) is 4.79 Å². The molecule has 0 rings (SSSR count). The monoisotopic (exact) mass is 422 g/mol. The highest BCUT2D eigenvalue weighted by molar-refractivity contribution is 8.31. The Labute approximate surface area is 166 Å². The van der Waals surface area contributed by atoms with Crippen molar-refractivity contribution >= 4 is 24.1 Å². The molecule has 6 nitrogen and oxygen atoms in total. The molecular weight excluding hydrogens is 384 g/mol. The molecule has 0 heterocycles. The van der Waals surface area contributed by atoms with E-state index in [1.165, 1.54) is 12.8 Å². The molecule has 0 aliphatic rings. The first-order valence-corrected chi connectivity index (χ1v) is 13.8. The van der Waals surface area contributed by atoms with Crippen LogP contribution < -0.4 is 0 Å². The fourth-order valence-electron chi connectivity index (χ4n) is 2.99. The summed E-state index contributed by atoms with van der Waals surface area (Å²) >= 11 is 0. The lowest BCUT2D eigenvalue weighted by molar-refractivity contribution is 0.00380. The Kier molecular flexibility index (Phi) is 14.8. The molecule has 0 atom stereocenters. The standard InChI is InChI=1S/C19H38N2O4S2/c1-3-5-7-9-11-13-15-17-26(22,23)19(21-20)27(24,25)18-16-14-12-10-8-6-4-2/h3-18H2,1-2H3. The zero-order valence-corrected chi connectivity index (χ0v) is 18.8. The SMILES string of the molecule is CCCCCCCCCS(=O)(=O)C(=[N+]=[N-])S(=O)(=O)CCCCCCCCC. The molecular formula is C19H38N2O4S2. The van der Waals surface area contributed by atoms with Crippen LogP contribution >= 0.6 is 0 Å². The van der Waals surface area contributed by atoms with Gasteiger partial charge in [0, 0.05) is 0 Å². The number of sulfone groups is 2. The number of hydrogen-bond donors (Lipinski definition) is 0. The predicted octanol–water partition coefficient (Wildman–Crippen LogP) is 4.90. The van der Waals surface area contributed by atoms with Crippen molar-refractivity contribution in [2.45, 2.75) is 104 Å². The summed E-state index contributed by atoms with van der Waals surface area (Å²) in [6.45, 7) is 4.27. The lowest BCUT2D eigenvalue weighted by Crippen LogP contribution is -2.30. The molecule has 160 valence electrons. The van der Waals surface area contributed by atoms with E-state index in [2.05, 4.69) is 18.6 Å². The summed E-state index contributed by atoms with van der Waals surface area (Å²) in [4.78, 5) is 2.65. The maximum absolute atomic E-state index is 12.3. The van der Waals surface area contributed by atoms with Crippen LogP contribution in [0.25, 0.3) is 5.53 Å². The normalized spacial score (nSPS) is 12.1. The van der Waals surface area contributed by atoms with Gasteiger partial charge in [0.05, 0.1) is 11.5 Å². The second kappa shape index (κ2) is 15.2. The van der Waals surface area contributed by atoms with Crippen molar-refractivity contribution in [3.63, 3.8) is 0 Å². The van der Waals surface area contributed by atoms with Gasteiger partial charge in [0.1, 0.15) is 0 Å². The van der Waals surface area contributed by atoms with Crippen LogP contribution in [0.2, 0.25) is 0 Å². The van der Waals surface area contributed by atoms with Crippen LogP contribution in [0.1, 0.15) is 104 Å². The van der Waals surface area contributed by atoms with E-state index in [0.717, 1.165) is 64.2 Å². The van der Waals surface area contributed by atoms with Gasteiger partial charge in [-0.1, -0.05) is 90.9 Å². The molecule has 0 fully saturated rings. The average molecular weight is 423 g/mol. The highest BCUT2D eigenvalue weighted by Crippen LogP contribution is 2.13. The van der Waals surface area contributed by atoms with E-state index in [1.807, 2.05) is 0 Å². The van der Waals surface area contributed by atoms with Crippen molar-refractivity contribution in [3.05, 3.63) is 5.53 Å². The Morgan fingerprint density at radius 1 is 0.593 bits per heavy atom. The predicted molar refractivity (Wildman–Crippen MR) is 112 cm³/mol. The van der Waals surface area contributed by atoms with Gasteiger partial charge in [-0.05, 0) is 12.8 Å². The number of nitrogens with zero attached hydrogens (tertiary/aromatic N) is 2. The van der Waals surface area contributed by atoms with Crippen molar-refractivity contribution in [2.24, 2.45) is 0 Å². The Morgan fingerprint density at radius 3 is 1.19 bits per heavy atom. The smallest absolute Gasteiger partial charge is 0.359 e. The second-order valence-electron chi connectivity index (χ2n) is 7.25. The third-order valence-electron chi connectivity index (χ3n) is 4.65. The summed E-state index contributed by atoms with van der Waals surface area (Å²) < 4.78 is 48.1. The van der Waals surface area contributed by atoms with Crippen LogP contribution in [0.15, 0.2) is 0 Å². The van der Waals surface area contributed by atoms with Crippen LogP contribution in [0.5, 0.6) is 0 Å². The quantitative estimate of drug-likeness (QED) is 0.116. The number of rotatable bonds is 16. The second-order valence-corrected chi connectivity index (χ2v) is 11.6. The van der Waals surface area contributed by atoms with E-state index in [1.54, 1.807) is 0 Å². The minimum absolute atomic E-state index is 0.281. The maximum atomic E-state index is 12.3. The van der Waals surface area contributed by atoms with Crippen LogP contribution in [-0.4, -0.2) is 37.5 Å². The van der Waals surface area contributed by atoms with Crippen molar-refractivity contribution in [1.82, 2.24) is 0 Å². The molecule has 0 saturated carbocycles. The third kappa shape index (κ3) is 12.4. The van der Waals surface area contributed by atoms with Gasteiger partial charge < -0.3 is 5.53 Å². The number of unbranched alkanes of at least 4 members (excludes halogenated alkanes) is 12. The molecule has 0 aromatic carbocycles. The molecule has 0 bridgehead atoms. The molecule has 0 aliphatic carbocycles. The van der Waals surface area contributed by atoms with Crippen LogP contribution in [-0.2, 0) is 19.7 Å². The summed E-state index contributed by atoms with van der Waals surface area (Å²) in [6, 6.07) is 0. The Hall–Kier alpha value is -0.720. The van der Waals surface area contributed by atoms with Crippen LogP contribution in [0, 0.1) is 0 Å². The van der Waals surface area contributed by atoms with Crippen LogP contribution in [0.3, 0.4) is 0 Å². The van der Waals surface area contributed by atoms with Gasteiger partial charge in [-0.3, -0.25) is 0 Å². The molecule has 0 radical (unpaired) electrons. The molecule has 0 aliphatic heterocycles. The van der Waals surface area contributed by atoms with Gasteiger partial charge in [-0.2, -0.15) is 0 Å². The molecule has 0 aromatic rings. The van der Waals surface area contributed by atoms with Gasteiger partial charge in [0.25, 0.3) is 19.7 Å². The van der Waals surface area contributed by atoms with Crippen molar-refractivity contribution in [3.8, 4) is 0 Å². The Bertz CT molecular complexity index is 587. The molecule has 0 aromatic heterocycles. The first kappa shape index (κ1) is 26.3. The summed E-state index contributed by atoms with van der Waals surface area (Å²) in [7, 11) is -8.14. The van der Waals surface area contributed by atoms with Crippen molar-refractivity contribution < 1.29 is 21.6 Å². The fraction of sp³-hybridized carbons (Fsp3) is 0.947. The first-order chi connectivity index (χ1) is 12.8. The maximum Gasteiger partial charge on any atom is 0.495 e. The summed E-state index contributed by atoms with van der Waals surface area (Å²) in [5.74, 6) is -0.563. The highest BCUT2D eigenvalue weighted by Gasteiger charge is 2.40. The van der Waals surface area contributed by atoms with Gasteiger partial charge in [0.15, 0.2) is 0 Å². The van der Waals surface area contributed by atoms with E-state index in [-0.39, 0.29) is 11.5 Å². The van der Waals surface area contributed by atoms with E-state index in [4.69, 9.17) is 5.53 Å². The molecule has 0 N–H and O–H groups in total. The highest BCUT2D eigenvalue weighted by atomic mass is 32.3. The number of hydrogen-bond acceptors (Lipinski definition) is 4. The van der Waals surface area contributed by atoms with Gasteiger partial charge >= 0.3 is 4.38 Å². The topological polar surface area (TPSA) is 105 Å². The minimum atomic E-state index is -4.07. The summed E-state index contributed by atoms with van der Waals surface area (Å²) in [5.41, 5.74) is 9.03. The van der Waals surface area contributed by atoms with Crippen molar-refractivity contribution in [1.29, 1.82) is 0 Å². The molecule has 0 amide bonds. The first-order valence-electron chi connectivity index (χ1n) is 10.5. The minimum Gasteiger partial charge on any atom is -0.359 e. The average Bonchev–Trinajstić information content (AvgIpc) is 2.60. The third-order valence-corrected chi connectivity index (χ3v) is 9.05. The summed E-state index contributed by atoms with van der Waals surface area (Å²) in [5, 5.41) is 0. The lowest BCUT2D eigenvalue weighted by Gasteiger charge is -2.04. The molecule has 0 unspecified atom stereocenters. The largest absolute Gasteiger partial charge is 0.495 e. The fourth-order valence-corrected chi connectivity index (χ4v) is 6.80. The molecule has 0 saturated heterocycles. The molecule has 0 spiro atoms. The summed E-state index contributed by atoms with van der Waals surface area (Å²) in [6.07, 6.45) is 13.2. The van der Waals surface area contributed by atoms with Gasteiger partial charge in [-0.25, -0.2) is 16.8 Å². The zero-order valence-electron chi connectivity index (χ0n) is 17.2.